The number of furan rings is 1. The number of carbonyl (C=O) groups is 1. The zero-order chi connectivity index (χ0) is 11.4. The van der Waals surface area contributed by atoms with Gasteiger partial charge in [0.25, 0.3) is 0 Å². The lowest BCUT2D eigenvalue weighted by molar-refractivity contribution is 0.0491. The van der Waals surface area contributed by atoms with Gasteiger partial charge < -0.3 is 9.15 Å². The van der Waals surface area contributed by atoms with E-state index in [9.17, 15) is 4.79 Å². The number of carbonyl (C=O) groups excluding carboxylic acids is 1. The van der Waals surface area contributed by atoms with Gasteiger partial charge in [-0.3, -0.25) is 4.98 Å². The third-order valence-electron chi connectivity index (χ3n) is 2.03. The minimum absolute atomic E-state index is 0.209. The van der Waals surface area contributed by atoms with Gasteiger partial charge in [0.15, 0.2) is 0 Å². The van der Waals surface area contributed by atoms with Crippen molar-refractivity contribution in [3.8, 4) is 11.3 Å². The lowest BCUT2D eigenvalue weighted by Gasteiger charge is -1.97. The fourth-order valence-corrected chi connectivity index (χ4v) is 1.31. The standard InChI is InChI=1S/C12H11NO3/c1-2-15-12(14)11-6-5-10(16-11)9-4-3-7-13-8-9/h3-8H,2H2,1H3. The van der Waals surface area contributed by atoms with Crippen LogP contribution in [0.1, 0.15) is 17.5 Å². The summed E-state index contributed by atoms with van der Waals surface area (Å²) in [6, 6.07) is 6.99. The fraction of sp³-hybridized carbons (Fsp3) is 0.167. The van der Waals surface area contributed by atoms with Crippen molar-refractivity contribution in [3.63, 3.8) is 0 Å². The molecule has 0 saturated carbocycles. The average Bonchev–Trinajstić information content (AvgIpc) is 2.80. The largest absolute Gasteiger partial charge is 0.460 e. The van der Waals surface area contributed by atoms with Crippen LogP contribution in [0.2, 0.25) is 0 Å². The van der Waals surface area contributed by atoms with E-state index < -0.39 is 5.97 Å². The molecular formula is C12H11NO3. The molecule has 0 unspecified atom stereocenters. The summed E-state index contributed by atoms with van der Waals surface area (Å²) in [7, 11) is 0. The van der Waals surface area contributed by atoms with E-state index in [2.05, 4.69) is 4.98 Å². The molecule has 0 amide bonds. The van der Waals surface area contributed by atoms with Crippen molar-refractivity contribution in [2.45, 2.75) is 6.92 Å². The second-order valence-electron chi connectivity index (χ2n) is 3.13. The van der Waals surface area contributed by atoms with Gasteiger partial charge in [0.05, 0.1) is 6.61 Å². The van der Waals surface area contributed by atoms with Gasteiger partial charge in [-0.05, 0) is 31.2 Å². The van der Waals surface area contributed by atoms with E-state index in [-0.39, 0.29) is 5.76 Å². The molecule has 0 bridgehead atoms. The van der Waals surface area contributed by atoms with Gasteiger partial charge >= 0.3 is 5.97 Å². The number of esters is 1. The number of nitrogens with zero attached hydrogens (tertiary/aromatic N) is 1. The Bertz CT molecular complexity index is 476. The van der Waals surface area contributed by atoms with E-state index in [0.29, 0.717) is 12.4 Å². The molecule has 0 spiro atoms. The van der Waals surface area contributed by atoms with Crippen LogP contribution in [0.15, 0.2) is 41.1 Å². The maximum Gasteiger partial charge on any atom is 0.374 e. The van der Waals surface area contributed by atoms with Gasteiger partial charge in [-0.1, -0.05) is 0 Å². The third kappa shape index (κ3) is 2.11. The highest BCUT2D eigenvalue weighted by Gasteiger charge is 2.12. The van der Waals surface area contributed by atoms with Gasteiger partial charge in [0.1, 0.15) is 5.76 Å². The molecule has 2 aromatic heterocycles. The highest BCUT2D eigenvalue weighted by atomic mass is 16.5. The van der Waals surface area contributed by atoms with E-state index in [4.69, 9.17) is 9.15 Å². The van der Waals surface area contributed by atoms with Gasteiger partial charge in [-0.15, -0.1) is 0 Å². The third-order valence-corrected chi connectivity index (χ3v) is 2.03. The average molecular weight is 217 g/mol. The van der Waals surface area contributed by atoms with Crippen LogP contribution in [0, 0.1) is 0 Å². The van der Waals surface area contributed by atoms with Crippen molar-refractivity contribution in [2.24, 2.45) is 0 Å². The molecule has 2 aromatic rings. The van der Waals surface area contributed by atoms with Crippen LogP contribution in [-0.2, 0) is 4.74 Å². The van der Waals surface area contributed by atoms with Gasteiger partial charge in [0, 0.05) is 18.0 Å². The normalized spacial score (nSPS) is 10.1. The van der Waals surface area contributed by atoms with Crippen molar-refractivity contribution in [2.75, 3.05) is 6.61 Å². The Morgan fingerprint density at radius 1 is 1.44 bits per heavy atom. The molecule has 0 aliphatic heterocycles. The summed E-state index contributed by atoms with van der Waals surface area (Å²) < 4.78 is 10.2. The predicted molar refractivity (Wildman–Crippen MR) is 57.9 cm³/mol. The zero-order valence-corrected chi connectivity index (χ0v) is 8.84. The van der Waals surface area contributed by atoms with Crippen molar-refractivity contribution < 1.29 is 13.9 Å². The zero-order valence-electron chi connectivity index (χ0n) is 8.84. The molecule has 82 valence electrons. The van der Waals surface area contributed by atoms with E-state index in [0.717, 1.165) is 5.56 Å². The summed E-state index contributed by atoms with van der Waals surface area (Å²) in [5.74, 6) is 0.370. The van der Waals surface area contributed by atoms with Crippen molar-refractivity contribution >= 4 is 5.97 Å². The Balaban J connectivity index is 2.23. The molecule has 2 rings (SSSR count). The first-order chi connectivity index (χ1) is 7.81. The molecule has 0 fully saturated rings. The highest BCUT2D eigenvalue weighted by molar-refractivity contribution is 5.87. The van der Waals surface area contributed by atoms with Crippen LogP contribution < -0.4 is 0 Å². The number of hydrogen-bond acceptors (Lipinski definition) is 4. The number of aromatic nitrogens is 1. The molecule has 2 heterocycles. The summed E-state index contributed by atoms with van der Waals surface area (Å²) in [4.78, 5) is 15.3. The van der Waals surface area contributed by atoms with Crippen LogP contribution in [0.5, 0.6) is 0 Å². The second kappa shape index (κ2) is 4.61. The monoisotopic (exact) mass is 217 g/mol. The van der Waals surface area contributed by atoms with Crippen molar-refractivity contribution in [3.05, 3.63) is 42.4 Å². The highest BCUT2D eigenvalue weighted by Crippen LogP contribution is 2.21. The first-order valence-corrected chi connectivity index (χ1v) is 4.98. The first kappa shape index (κ1) is 10.4. The quantitative estimate of drug-likeness (QED) is 0.741. The summed E-state index contributed by atoms with van der Waals surface area (Å²) in [6.45, 7) is 2.09. The molecule has 0 saturated heterocycles. The summed E-state index contributed by atoms with van der Waals surface area (Å²) in [6.07, 6.45) is 3.35. The molecule has 0 aliphatic rings. The van der Waals surface area contributed by atoms with E-state index in [1.165, 1.54) is 0 Å². The van der Waals surface area contributed by atoms with Crippen LogP contribution in [0.4, 0.5) is 0 Å². The second-order valence-corrected chi connectivity index (χ2v) is 3.13. The SMILES string of the molecule is CCOC(=O)c1ccc(-c2cccnc2)o1. The smallest absolute Gasteiger partial charge is 0.374 e. The molecule has 0 aliphatic carbocycles. The first-order valence-electron chi connectivity index (χ1n) is 4.98. The van der Waals surface area contributed by atoms with Crippen LogP contribution in [0.3, 0.4) is 0 Å². The van der Waals surface area contributed by atoms with Crippen LogP contribution in [0.25, 0.3) is 11.3 Å². The van der Waals surface area contributed by atoms with Crippen molar-refractivity contribution in [1.29, 1.82) is 0 Å². The minimum atomic E-state index is -0.447. The van der Waals surface area contributed by atoms with Gasteiger partial charge in [-0.2, -0.15) is 0 Å². The Morgan fingerprint density at radius 2 is 2.31 bits per heavy atom. The predicted octanol–water partition coefficient (Wildman–Crippen LogP) is 2.52. The number of rotatable bonds is 3. The Morgan fingerprint density at radius 3 is 3.00 bits per heavy atom. The maximum atomic E-state index is 11.4. The molecule has 16 heavy (non-hydrogen) atoms. The molecule has 0 radical (unpaired) electrons. The Labute approximate surface area is 92.9 Å². The number of ether oxygens (including phenoxy) is 1. The van der Waals surface area contributed by atoms with Crippen LogP contribution in [-0.4, -0.2) is 17.6 Å². The maximum absolute atomic E-state index is 11.4. The van der Waals surface area contributed by atoms with Crippen LogP contribution >= 0.6 is 0 Å². The molecule has 0 N–H and O–H groups in total. The van der Waals surface area contributed by atoms with E-state index in [1.54, 1.807) is 31.5 Å². The lowest BCUT2D eigenvalue weighted by atomic mass is 10.2. The summed E-state index contributed by atoms with van der Waals surface area (Å²) in [5, 5.41) is 0. The van der Waals surface area contributed by atoms with Gasteiger partial charge in [0.2, 0.25) is 5.76 Å². The fourth-order valence-electron chi connectivity index (χ4n) is 1.31. The summed E-state index contributed by atoms with van der Waals surface area (Å²) in [5.41, 5.74) is 0.832. The Kier molecular flexibility index (Phi) is 3.00. The number of hydrogen-bond donors (Lipinski definition) is 0. The number of pyridine rings is 1. The molecule has 0 atom stereocenters. The lowest BCUT2D eigenvalue weighted by Crippen LogP contribution is -2.02. The van der Waals surface area contributed by atoms with Gasteiger partial charge in [-0.25, -0.2) is 4.79 Å². The molecule has 4 nitrogen and oxygen atoms in total. The summed E-state index contributed by atoms with van der Waals surface area (Å²) >= 11 is 0. The molecule has 4 heteroatoms. The Hall–Kier alpha value is -2.10. The van der Waals surface area contributed by atoms with Crippen molar-refractivity contribution in [1.82, 2.24) is 4.98 Å². The van der Waals surface area contributed by atoms with E-state index >= 15 is 0 Å². The topological polar surface area (TPSA) is 52.3 Å². The minimum Gasteiger partial charge on any atom is -0.460 e. The molecular weight excluding hydrogens is 206 g/mol. The van der Waals surface area contributed by atoms with E-state index in [1.807, 2.05) is 12.1 Å². The molecule has 0 aromatic carbocycles.